The van der Waals surface area contributed by atoms with Gasteiger partial charge >= 0.3 is 0 Å². The number of carbonyl (C=O) groups is 2. The largest absolute Gasteiger partial charge is 0.497 e. The number of H-pyrrole nitrogens is 1. The van der Waals surface area contributed by atoms with Crippen LogP contribution in [-0.2, 0) is 10.2 Å². The number of anilines is 3. The summed E-state index contributed by atoms with van der Waals surface area (Å²) >= 11 is 0. The molecule has 4 aromatic rings. The molecule has 3 heterocycles. The zero-order valence-corrected chi connectivity index (χ0v) is 21.0. The lowest BCUT2D eigenvalue weighted by atomic mass is 9.91. The molecule has 2 atom stereocenters. The number of nitrogens with one attached hydrogen (secondary N) is 4. The Labute approximate surface area is 221 Å². The molecule has 0 saturated heterocycles. The fraction of sp³-hybridized carbons (Fsp3) is 0.259. The van der Waals surface area contributed by atoms with Gasteiger partial charge in [0.1, 0.15) is 17.1 Å². The van der Waals surface area contributed by atoms with Crippen molar-refractivity contribution in [1.82, 2.24) is 20.5 Å². The number of pyridine rings is 1. The number of rotatable bonds is 8. The molecule has 6 rings (SSSR count). The maximum Gasteiger partial charge on any atom is 0.270 e. The highest BCUT2D eigenvalue weighted by Gasteiger charge is 2.65. The average Bonchev–Trinajstić information content (AvgIpc) is 3.49. The van der Waals surface area contributed by atoms with Gasteiger partial charge < -0.3 is 25.4 Å². The number of alkyl halides is 2. The fourth-order valence-corrected chi connectivity index (χ4v) is 5.25. The fourth-order valence-electron chi connectivity index (χ4n) is 5.25. The first-order valence-corrected chi connectivity index (χ1v) is 12.2. The molecule has 12 heteroatoms. The zero-order valence-electron chi connectivity index (χ0n) is 21.0. The number of aromatic amines is 1. The number of nitrogens with zero attached hydrogens (tertiary/aromatic N) is 2. The number of benzene rings is 2. The van der Waals surface area contributed by atoms with E-state index in [1.165, 1.54) is 13.2 Å². The highest BCUT2D eigenvalue weighted by molar-refractivity contribution is 6.10. The molecule has 10 nitrogen and oxygen atoms in total. The minimum absolute atomic E-state index is 0.00579. The molecule has 2 amide bonds. The summed E-state index contributed by atoms with van der Waals surface area (Å²) in [6, 6.07) is 14.5. The van der Waals surface area contributed by atoms with E-state index in [0.29, 0.717) is 23.7 Å². The van der Waals surface area contributed by atoms with Gasteiger partial charge in [-0.2, -0.15) is 5.10 Å². The molecule has 0 bridgehead atoms. The Hall–Kier alpha value is -4.74. The summed E-state index contributed by atoms with van der Waals surface area (Å²) in [6.07, 6.45) is -1.96. The van der Waals surface area contributed by atoms with Gasteiger partial charge in [0.25, 0.3) is 12.3 Å². The van der Waals surface area contributed by atoms with Gasteiger partial charge in [-0.05, 0) is 60.0 Å². The van der Waals surface area contributed by atoms with Crippen molar-refractivity contribution < 1.29 is 27.8 Å². The summed E-state index contributed by atoms with van der Waals surface area (Å²) in [7, 11) is 3.00. The van der Waals surface area contributed by atoms with Crippen LogP contribution in [0, 0.1) is 0 Å². The van der Waals surface area contributed by atoms with E-state index in [0.717, 1.165) is 27.7 Å². The molecular formula is C27H24F2N6O4. The summed E-state index contributed by atoms with van der Waals surface area (Å²) in [5, 5.41) is 16.5. The van der Waals surface area contributed by atoms with Gasteiger partial charge in [-0.25, -0.2) is 13.8 Å². The van der Waals surface area contributed by atoms with Crippen LogP contribution in [0.4, 0.5) is 26.0 Å². The SMILES string of the molecule is COc1ccc2c(c1)[C@]1(C[C@H]1c1ccc3c(Nc4ccc(C(=O)NCC(F)F)nc4OC)n[nH]c3c1)C(=O)N2. The molecule has 2 aromatic carbocycles. The van der Waals surface area contributed by atoms with Crippen molar-refractivity contribution in [3.8, 4) is 11.6 Å². The summed E-state index contributed by atoms with van der Waals surface area (Å²) in [5.41, 5.74) is 3.34. The van der Waals surface area contributed by atoms with Crippen molar-refractivity contribution >= 4 is 39.9 Å². The van der Waals surface area contributed by atoms with E-state index in [1.807, 2.05) is 36.4 Å². The Morgan fingerprint density at radius 2 is 2.00 bits per heavy atom. The topological polar surface area (TPSA) is 130 Å². The minimum atomic E-state index is -2.66. The summed E-state index contributed by atoms with van der Waals surface area (Å²) in [5.74, 6) is 0.603. The lowest BCUT2D eigenvalue weighted by Gasteiger charge is -2.11. The number of amides is 2. The average molecular weight is 535 g/mol. The van der Waals surface area contributed by atoms with Gasteiger partial charge in [0.05, 0.1) is 31.7 Å². The predicted molar refractivity (Wildman–Crippen MR) is 139 cm³/mol. The summed E-state index contributed by atoms with van der Waals surface area (Å²) in [4.78, 5) is 29.2. The zero-order chi connectivity index (χ0) is 27.3. The molecule has 39 heavy (non-hydrogen) atoms. The predicted octanol–water partition coefficient (Wildman–Crippen LogP) is 4.09. The van der Waals surface area contributed by atoms with Gasteiger partial charge in [-0.15, -0.1) is 0 Å². The first kappa shape index (κ1) is 24.6. The number of methoxy groups -OCH3 is 2. The van der Waals surface area contributed by atoms with Gasteiger partial charge in [0.2, 0.25) is 11.8 Å². The maximum absolute atomic E-state index is 13.0. The molecule has 1 spiro atoms. The standard InChI is InChI=1S/C27H24F2N6O4/c1-38-14-4-6-18-16(10-14)27(26(37)33-18)11-17(27)13-3-5-15-21(9-13)34-35-23(15)31-20-8-7-19(32-25(20)39-2)24(36)30-12-22(28)29/h3-10,17,22H,11-12H2,1-2H3,(H,30,36)(H,33,37)(H2,31,34,35)/t17-,27-/m0/s1. The number of aromatic nitrogens is 3. The van der Waals surface area contributed by atoms with Crippen molar-refractivity contribution in [3.05, 3.63) is 65.4 Å². The van der Waals surface area contributed by atoms with E-state index >= 15 is 0 Å². The van der Waals surface area contributed by atoms with E-state index in [4.69, 9.17) is 9.47 Å². The lowest BCUT2D eigenvalue weighted by molar-refractivity contribution is -0.118. The van der Waals surface area contributed by atoms with Crippen LogP contribution in [0.1, 0.15) is 34.0 Å². The Morgan fingerprint density at radius 1 is 1.15 bits per heavy atom. The number of fused-ring (bicyclic) bond motifs is 3. The second kappa shape index (κ2) is 9.22. The van der Waals surface area contributed by atoms with E-state index in [2.05, 4.69) is 31.1 Å². The van der Waals surface area contributed by atoms with Gasteiger partial charge in [0.15, 0.2) is 5.82 Å². The molecule has 0 radical (unpaired) electrons. The number of ether oxygens (including phenoxy) is 2. The Morgan fingerprint density at radius 3 is 2.77 bits per heavy atom. The third-order valence-electron chi connectivity index (χ3n) is 7.27. The highest BCUT2D eigenvalue weighted by Crippen LogP contribution is 2.65. The van der Waals surface area contributed by atoms with Gasteiger partial charge in [-0.3, -0.25) is 14.7 Å². The number of hydrogen-bond donors (Lipinski definition) is 4. The van der Waals surface area contributed by atoms with Crippen LogP contribution < -0.4 is 25.4 Å². The second-order valence-electron chi connectivity index (χ2n) is 9.45. The molecule has 4 N–H and O–H groups in total. The van der Waals surface area contributed by atoms with E-state index in [1.54, 1.807) is 13.2 Å². The van der Waals surface area contributed by atoms with Crippen LogP contribution in [0.25, 0.3) is 10.9 Å². The van der Waals surface area contributed by atoms with Crippen LogP contribution in [0.5, 0.6) is 11.6 Å². The summed E-state index contributed by atoms with van der Waals surface area (Å²) in [6.45, 7) is -0.766. The highest BCUT2D eigenvalue weighted by atomic mass is 19.3. The Balaban J connectivity index is 1.24. The molecule has 1 aliphatic carbocycles. The van der Waals surface area contributed by atoms with Crippen molar-refractivity contribution in [3.63, 3.8) is 0 Å². The molecule has 200 valence electrons. The first-order valence-electron chi connectivity index (χ1n) is 12.2. The smallest absolute Gasteiger partial charge is 0.270 e. The van der Waals surface area contributed by atoms with Crippen molar-refractivity contribution in [2.24, 2.45) is 0 Å². The summed E-state index contributed by atoms with van der Waals surface area (Å²) < 4.78 is 35.5. The van der Waals surface area contributed by atoms with Gasteiger partial charge in [0, 0.05) is 17.0 Å². The number of halogens is 2. The van der Waals surface area contributed by atoms with Crippen molar-refractivity contribution in [2.45, 2.75) is 24.2 Å². The minimum Gasteiger partial charge on any atom is -0.497 e. The monoisotopic (exact) mass is 534 g/mol. The van der Waals surface area contributed by atoms with Gasteiger partial charge in [-0.1, -0.05) is 6.07 Å². The maximum atomic E-state index is 13.0. The van der Waals surface area contributed by atoms with Crippen LogP contribution in [0.2, 0.25) is 0 Å². The Kier molecular flexibility index (Phi) is 5.82. The number of hydrogen-bond acceptors (Lipinski definition) is 7. The van der Waals surface area contributed by atoms with Crippen LogP contribution in [0.15, 0.2) is 48.5 Å². The molecule has 1 saturated carbocycles. The third-order valence-corrected chi connectivity index (χ3v) is 7.27. The molecular weight excluding hydrogens is 510 g/mol. The van der Waals surface area contributed by atoms with Crippen molar-refractivity contribution in [2.75, 3.05) is 31.4 Å². The molecule has 1 aliphatic heterocycles. The van der Waals surface area contributed by atoms with E-state index < -0.39 is 24.3 Å². The molecule has 2 aliphatic rings. The lowest BCUT2D eigenvalue weighted by Crippen LogP contribution is -2.29. The number of carbonyl (C=O) groups excluding carboxylic acids is 2. The van der Waals surface area contributed by atoms with Crippen LogP contribution >= 0.6 is 0 Å². The second-order valence-corrected chi connectivity index (χ2v) is 9.45. The quantitative estimate of drug-likeness (QED) is 0.268. The molecule has 1 fully saturated rings. The van der Waals surface area contributed by atoms with Crippen molar-refractivity contribution in [1.29, 1.82) is 0 Å². The van der Waals surface area contributed by atoms with Crippen LogP contribution in [0.3, 0.4) is 0 Å². The third kappa shape index (κ3) is 4.08. The Bertz CT molecular complexity index is 1620. The molecule has 2 aromatic heterocycles. The van der Waals surface area contributed by atoms with Crippen LogP contribution in [-0.4, -0.2) is 54.2 Å². The van der Waals surface area contributed by atoms with E-state index in [9.17, 15) is 18.4 Å². The normalized spacial score (nSPS) is 19.2. The molecule has 0 unspecified atom stereocenters. The first-order chi connectivity index (χ1) is 18.8. The van der Waals surface area contributed by atoms with E-state index in [-0.39, 0.29) is 23.4 Å².